The lowest BCUT2D eigenvalue weighted by molar-refractivity contribution is -0.686. The van der Waals surface area contributed by atoms with Crippen molar-refractivity contribution < 1.29 is 30.1 Å². The molecule has 0 aromatic heterocycles. The third-order valence-corrected chi connectivity index (χ3v) is 3.38. The Morgan fingerprint density at radius 2 is 1.05 bits per heavy atom. The minimum Gasteiger partial charge on any atom is -1.00 e. The summed E-state index contributed by atoms with van der Waals surface area (Å²) < 4.78 is 0. The molecule has 0 fully saturated rings. The quantitative estimate of drug-likeness (QED) is 0.624. The third-order valence-electron chi connectivity index (χ3n) is 2.64. The van der Waals surface area contributed by atoms with Crippen LogP contribution in [0.5, 0.6) is 0 Å². The number of halogens is 4. The van der Waals surface area contributed by atoms with Crippen LogP contribution < -0.4 is 30.1 Å². The molecule has 0 aliphatic heterocycles. The predicted molar refractivity (Wildman–Crippen MR) is 72.2 cm³/mol. The number of nitrogens with two attached hydrogens (primary N) is 1. The first kappa shape index (κ1) is 18.6. The van der Waals surface area contributed by atoms with Crippen LogP contribution in [0.1, 0.15) is 11.1 Å². The predicted octanol–water partition coefficient (Wildman–Crippen LogP) is -2.73. The van der Waals surface area contributed by atoms with Crippen LogP contribution in [0.2, 0.25) is 10.0 Å². The van der Waals surface area contributed by atoms with E-state index in [9.17, 15) is 0 Å². The van der Waals surface area contributed by atoms with Crippen LogP contribution in [0.15, 0.2) is 48.5 Å². The second-order valence-electron chi connectivity index (χ2n) is 3.88. The van der Waals surface area contributed by atoms with E-state index in [4.69, 9.17) is 23.2 Å². The molecule has 0 bridgehead atoms. The SMILES string of the molecule is Clc1ccccc1C[NH2+]Cc1ccccc1Cl.[Cl-].[Cl-]. The lowest BCUT2D eigenvalue weighted by Gasteiger charge is -2.05. The van der Waals surface area contributed by atoms with Crippen molar-refractivity contribution in [3.8, 4) is 0 Å². The highest BCUT2D eigenvalue weighted by Gasteiger charge is 2.03. The van der Waals surface area contributed by atoms with Crippen molar-refractivity contribution in [2.75, 3.05) is 0 Å². The number of benzene rings is 2. The van der Waals surface area contributed by atoms with Gasteiger partial charge in [-0.25, -0.2) is 0 Å². The zero-order chi connectivity index (χ0) is 12.1. The van der Waals surface area contributed by atoms with Gasteiger partial charge in [0.2, 0.25) is 0 Å². The van der Waals surface area contributed by atoms with E-state index in [1.165, 1.54) is 0 Å². The first-order valence-electron chi connectivity index (χ1n) is 5.56. The maximum Gasteiger partial charge on any atom is 0.103 e. The van der Waals surface area contributed by atoms with E-state index < -0.39 is 0 Å². The minimum absolute atomic E-state index is 0. The van der Waals surface area contributed by atoms with Gasteiger partial charge in [-0.2, -0.15) is 0 Å². The van der Waals surface area contributed by atoms with Crippen molar-refractivity contribution in [2.24, 2.45) is 0 Å². The Hall–Kier alpha value is -0.440. The van der Waals surface area contributed by atoms with E-state index in [2.05, 4.69) is 5.32 Å². The molecule has 19 heavy (non-hydrogen) atoms. The molecule has 0 heterocycles. The van der Waals surface area contributed by atoms with Gasteiger partial charge in [-0.15, -0.1) is 0 Å². The fraction of sp³-hybridized carbons (Fsp3) is 0.143. The van der Waals surface area contributed by atoms with Gasteiger partial charge in [0.05, 0.1) is 0 Å². The van der Waals surface area contributed by atoms with Gasteiger partial charge in [-0.1, -0.05) is 59.6 Å². The van der Waals surface area contributed by atoms with Gasteiger partial charge in [0.15, 0.2) is 0 Å². The smallest absolute Gasteiger partial charge is 0.103 e. The van der Waals surface area contributed by atoms with Gasteiger partial charge in [-0.3, -0.25) is 0 Å². The van der Waals surface area contributed by atoms with E-state index in [0.717, 1.165) is 34.3 Å². The Kier molecular flexibility index (Phi) is 9.24. The molecule has 104 valence electrons. The summed E-state index contributed by atoms with van der Waals surface area (Å²) in [6.45, 7) is 1.73. The monoisotopic (exact) mass is 336 g/mol. The molecule has 0 saturated carbocycles. The van der Waals surface area contributed by atoms with E-state index in [1.54, 1.807) is 0 Å². The second kappa shape index (κ2) is 9.46. The van der Waals surface area contributed by atoms with Gasteiger partial charge in [0.25, 0.3) is 0 Å². The zero-order valence-corrected chi connectivity index (χ0v) is 13.1. The third kappa shape index (κ3) is 5.60. The van der Waals surface area contributed by atoms with Crippen molar-refractivity contribution in [2.45, 2.75) is 13.1 Å². The fourth-order valence-corrected chi connectivity index (χ4v) is 2.14. The highest BCUT2D eigenvalue weighted by Crippen LogP contribution is 2.14. The molecule has 0 aliphatic carbocycles. The summed E-state index contributed by atoms with van der Waals surface area (Å²) >= 11 is 12.2. The number of quaternary nitrogens is 1. The normalized spacial score (nSPS) is 9.37. The van der Waals surface area contributed by atoms with Crippen LogP contribution in [0, 0.1) is 0 Å². The average Bonchev–Trinajstić information content (AvgIpc) is 2.34. The van der Waals surface area contributed by atoms with Gasteiger partial charge in [-0.05, 0) is 12.1 Å². The summed E-state index contributed by atoms with van der Waals surface area (Å²) in [5.41, 5.74) is 2.31. The molecule has 0 aliphatic rings. The molecule has 0 atom stereocenters. The zero-order valence-electron chi connectivity index (χ0n) is 10.1. The molecule has 0 saturated heterocycles. The van der Waals surface area contributed by atoms with Crippen LogP contribution >= 0.6 is 23.2 Å². The van der Waals surface area contributed by atoms with Crippen molar-refractivity contribution in [3.63, 3.8) is 0 Å². The topological polar surface area (TPSA) is 16.6 Å². The Labute approximate surface area is 136 Å². The fourth-order valence-electron chi connectivity index (χ4n) is 1.71. The lowest BCUT2D eigenvalue weighted by Crippen LogP contribution is -3.00. The Morgan fingerprint density at radius 3 is 1.42 bits per heavy atom. The summed E-state index contributed by atoms with van der Waals surface area (Å²) in [5.74, 6) is 0. The van der Waals surface area contributed by atoms with Crippen LogP contribution in [0.25, 0.3) is 0 Å². The first-order chi connectivity index (χ1) is 8.27. The summed E-state index contributed by atoms with van der Waals surface area (Å²) in [4.78, 5) is 0. The molecule has 2 aromatic carbocycles. The Morgan fingerprint density at radius 1 is 0.684 bits per heavy atom. The van der Waals surface area contributed by atoms with E-state index in [1.807, 2.05) is 48.5 Å². The molecule has 0 unspecified atom stereocenters. The van der Waals surface area contributed by atoms with Gasteiger partial charge in [0, 0.05) is 21.2 Å². The van der Waals surface area contributed by atoms with Crippen molar-refractivity contribution in [3.05, 3.63) is 69.7 Å². The highest BCUT2D eigenvalue weighted by atomic mass is 35.5. The Bertz CT molecular complexity index is 457. The molecular formula is C14H14Cl4N-. The van der Waals surface area contributed by atoms with Crippen LogP contribution in [0.4, 0.5) is 0 Å². The van der Waals surface area contributed by atoms with E-state index in [-0.39, 0.29) is 24.8 Å². The van der Waals surface area contributed by atoms with Gasteiger partial charge < -0.3 is 30.1 Å². The summed E-state index contributed by atoms with van der Waals surface area (Å²) in [6.07, 6.45) is 0. The molecule has 2 rings (SSSR count). The molecule has 0 spiro atoms. The molecule has 2 aromatic rings. The largest absolute Gasteiger partial charge is 1.00 e. The molecule has 1 nitrogen and oxygen atoms in total. The standard InChI is InChI=1S/C14H13Cl2N.2ClH/c15-13-7-3-1-5-11(13)9-17-10-12-6-2-4-8-14(12)16;;/h1-8,17H,9-10H2;2*1H/p-1. The lowest BCUT2D eigenvalue weighted by atomic mass is 10.2. The second-order valence-corrected chi connectivity index (χ2v) is 4.69. The number of hydrogen-bond acceptors (Lipinski definition) is 0. The molecule has 5 heteroatoms. The highest BCUT2D eigenvalue weighted by molar-refractivity contribution is 6.31. The summed E-state index contributed by atoms with van der Waals surface area (Å²) in [6, 6.07) is 15.8. The number of rotatable bonds is 4. The number of hydrogen-bond donors (Lipinski definition) is 1. The van der Waals surface area contributed by atoms with Gasteiger partial charge in [0.1, 0.15) is 13.1 Å². The summed E-state index contributed by atoms with van der Waals surface area (Å²) in [7, 11) is 0. The first-order valence-corrected chi connectivity index (χ1v) is 6.31. The summed E-state index contributed by atoms with van der Waals surface area (Å²) in [5, 5.41) is 3.84. The molecule has 0 amide bonds. The van der Waals surface area contributed by atoms with E-state index >= 15 is 0 Å². The van der Waals surface area contributed by atoms with Gasteiger partial charge >= 0.3 is 0 Å². The van der Waals surface area contributed by atoms with Crippen LogP contribution in [-0.4, -0.2) is 0 Å². The van der Waals surface area contributed by atoms with Crippen molar-refractivity contribution in [1.82, 2.24) is 0 Å². The van der Waals surface area contributed by atoms with E-state index in [0.29, 0.717) is 0 Å². The minimum atomic E-state index is 0. The Balaban J connectivity index is 0.00000162. The maximum atomic E-state index is 6.09. The molecule has 2 N–H and O–H groups in total. The van der Waals surface area contributed by atoms with Crippen LogP contribution in [-0.2, 0) is 13.1 Å². The van der Waals surface area contributed by atoms with Crippen molar-refractivity contribution in [1.29, 1.82) is 0 Å². The van der Waals surface area contributed by atoms with Crippen molar-refractivity contribution >= 4 is 23.2 Å². The maximum absolute atomic E-state index is 6.09. The molecule has 0 radical (unpaired) electrons. The average molecular weight is 338 g/mol. The molecular weight excluding hydrogens is 324 g/mol. The van der Waals surface area contributed by atoms with Crippen LogP contribution in [0.3, 0.4) is 0 Å².